The molecule has 0 aliphatic rings. The van der Waals surface area contributed by atoms with Gasteiger partial charge < -0.3 is 19.5 Å². The minimum absolute atomic E-state index is 0.628. The van der Waals surface area contributed by atoms with E-state index < -0.39 is 0 Å². The van der Waals surface area contributed by atoms with Crippen molar-refractivity contribution in [2.24, 2.45) is 0 Å². The lowest BCUT2D eigenvalue weighted by Gasteiger charge is -2.15. The third-order valence-electron chi connectivity index (χ3n) is 2.33. The molecule has 0 fully saturated rings. The highest BCUT2D eigenvalue weighted by molar-refractivity contribution is 6.17. The van der Waals surface area contributed by atoms with Crippen molar-refractivity contribution in [2.75, 3.05) is 39.1 Å². The molecule has 0 saturated carbocycles. The molecule has 0 aliphatic carbocycles. The van der Waals surface area contributed by atoms with Gasteiger partial charge in [0, 0.05) is 24.6 Å². The van der Waals surface area contributed by atoms with E-state index in [1.165, 1.54) is 0 Å². The Morgan fingerprint density at radius 1 is 1.00 bits per heavy atom. The zero-order chi connectivity index (χ0) is 12.7. The molecule has 0 bridgehead atoms. The number of ether oxygens (including phenoxy) is 3. The highest BCUT2D eigenvalue weighted by atomic mass is 35.5. The molecule has 0 unspecified atom stereocenters. The van der Waals surface area contributed by atoms with Crippen LogP contribution in [0, 0.1) is 0 Å². The summed E-state index contributed by atoms with van der Waals surface area (Å²) in [6, 6.07) is 3.65. The van der Waals surface area contributed by atoms with Gasteiger partial charge in [-0.1, -0.05) is 0 Å². The van der Waals surface area contributed by atoms with E-state index in [0.717, 1.165) is 24.4 Å². The Labute approximate surface area is 107 Å². The summed E-state index contributed by atoms with van der Waals surface area (Å²) in [5.41, 5.74) is 0.871. The molecule has 0 spiro atoms. The average Bonchev–Trinajstić information content (AvgIpc) is 2.38. The first kappa shape index (κ1) is 13.8. The molecule has 0 heterocycles. The van der Waals surface area contributed by atoms with Crippen LogP contribution in [0.15, 0.2) is 12.1 Å². The van der Waals surface area contributed by atoms with E-state index in [0.29, 0.717) is 17.4 Å². The number of halogens is 1. The number of methoxy groups -OCH3 is 3. The standard InChI is InChI=1S/C12H18ClNO3/c1-15-10-8-12(17-3)11(16-2)7-9(10)14-6-4-5-13/h7-8,14H,4-6H2,1-3H3. The van der Waals surface area contributed by atoms with Gasteiger partial charge in [-0.2, -0.15) is 0 Å². The van der Waals surface area contributed by atoms with Gasteiger partial charge in [-0.3, -0.25) is 0 Å². The monoisotopic (exact) mass is 259 g/mol. The molecule has 1 N–H and O–H groups in total. The van der Waals surface area contributed by atoms with E-state index in [1.54, 1.807) is 27.4 Å². The van der Waals surface area contributed by atoms with E-state index in [-0.39, 0.29) is 0 Å². The molecule has 0 aliphatic heterocycles. The van der Waals surface area contributed by atoms with Crippen molar-refractivity contribution in [3.63, 3.8) is 0 Å². The van der Waals surface area contributed by atoms with Gasteiger partial charge in [0.05, 0.1) is 27.0 Å². The molecule has 17 heavy (non-hydrogen) atoms. The van der Waals surface area contributed by atoms with Crippen LogP contribution in [0.25, 0.3) is 0 Å². The Balaban J connectivity index is 2.93. The minimum Gasteiger partial charge on any atom is -0.494 e. The molecule has 4 nitrogen and oxygen atoms in total. The molecule has 1 aromatic carbocycles. The van der Waals surface area contributed by atoms with E-state index in [1.807, 2.05) is 6.07 Å². The van der Waals surface area contributed by atoms with Gasteiger partial charge in [0.25, 0.3) is 0 Å². The molecule has 96 valence electrons. The first-order valence-electron chi connectivity index (χ1n) is 5.36. The summed E-state index contributed by atoms with van der Waals surface area (Å²) >= 11 is 5.63. The maximum Gasteiger partial charge on any atom is 0.164 e. The van der Waals surface area contributed by atoms with Gasteiger partial charge in [0.2, 0.25) is 0 Å². The Hall–Kier alpha value is -1.29. The Morgan fingerprint density at radius 3 is 2.12 bits per heavy atom. The fourth-order valence-corrected chi connectivity index (χ4v) is 1.59. The Bertz CT molecular complexity index is 358. The van der Waals surface area contributed by atoms with Crippen LogP contribution in [0.2, 0.25) is 0 Å². The lowest BCUT2D eigenvalue weighted by molar-refractivity contribution is 0.349. The van der Waals surface area contributed by atoms with Crippen LogP contribution in [0.4, 0.5) is 5.69 Å². The summed E-state index contributed by atoms with van der Waals surface area (Å²) in [4.78, 5) is 0. The highest BCUT2D eigenvalue weighted by Crippen LogP contribution is 2.37. The zero-order valence-corrected chi connectivity index (χ0v) is 11.1. The van der Waals surface area contributed by atoms with Crippen LogP contribution in [0.5, 0.6) is 17.2 Å². The third kappa shape index (κ3) is 3.60. The van der Waals surface area contributed by atoms with E-state index in [2.05, 4.69) is 5.32 Å². The topological polar surface area (TPSA) is 39.7 Å². The Kier molecular flexibility index (Phi) is 5.77. The van der Waals surface area contributed by atoms with Crippen LogP contribution < -0.4 is 19.5 Å². The zero-order valence-electron chi connectivity index (χ0n) is 10.4. The van der Waals surface area contributed by atoms with Crippen molar-refractivity contribution in [1.29, 1.82) is 0 Å². The number of anilines is 1. The summed E-state index contributed by atoms with van der Waals surface area (Å²) in [6.07, 6.45) is 0.888. The fraction of sp³-hybridized carbons (Fsp3) is 0.500. The van der Waals surface area contributed by atoms with Gasteiger partial charge in [-0.05, 0) is 6.42 Å². The molecule has 0 saturated heterocycles. The van der Waals surface area contributed by atoms with Crippen molar-refractivity contribution in [3.05, 3.63) is 12.1 Å². The van der Waals surface area contributed by atoms with Crippen LogP contribution >= 0.6 is 11.6 Å². The fourth-order valence-electron chi connectivity index (χ4n) is 1.46. The SMILES string of the molecule is COc1cc(OC)c(OC)cc1NCCCCl. The third-order valence-corrected chi connectivity index (χ3v) is 2.60. The van der Waals surface area contributed by atoms with Gasteiger partial charge >= 0.3 is 0 Å². The number of rotatable bonds is 7. The molecular formula is C12H18ClNO3. The van der Waals surface area contributed by atoms with Gasteiger partial charge in [0.1, 0.15) is 5.75 Å². The van der Waals surface area contributed by atoms with Gasteiger partial charge in [-0.25, -0.2) is 0 Å². The van der Waals surface area contributed by atoms with Crippen LogP contribution in [0.3, 0.4) is 0 Å². The van der Waals surface area contributed by atoms with Crippen molar-refractivity contribution < 1.29 is 14.2 Å². The van der Waals surface area contributed by atoms with Crippen molar-refractivity contribution in [3.8, 4) is 17.2 Å². The smallest absolute Gasteiger partial charge is 0.164 e. The van der Waals surface area contributed by atoms with E-state index >= 15 is 0 Å². The van der Waals surface area contributed by atoms with E-state index in [4.69, 9.17) is 25.8 Å². The molecular weight excluding hydrogens is 242 g/mol. The maximum atomic E-state index is 5.63. The first-order valence-corrected chi connectivity index (χ1v) is 5.90. The average molecular weight is 260 g/mol. The largest absolute Gasteiger partial charge is 0.494 e. The predicted octanol–water partition coefficient (Wildman–Crippen LogP) is 2.75. The minimum atomic E-state index is 0.628. The summed E-state index contributed by atoms with van der Waals surface area (Å²) in [5, 5.41) is 3.25. The summed E-state index contributed by atoms with van der Waals surface area (Å²) < 4.78 is 15.7. The molecule has 1 rings (SSSR count). The number of hydrogen-bond acceptors (Lipinski definition) is 4. The highest BCUT2D eigenvalue weighted by Gasteiger charge is 2.11. The maximum absolute atomic E-state index is 5.63. The second-order valence-electron chi connectivity index (χ2n) is 3.38. The second kappa shape index (κ2) is 7.12. The predicted molar refractivity (Wildman–Crippen MR) is 69.9 cm³/mol. The molecule has 1 aromatic rings. The van der Waals surface area contributed by atoms with Gasteiger partial charge in [-0.15, -0.1) is 11.6 Å². The van der Waals surface area contributed by atoms with Crippen LogP contribution in [-0.2, 0) is 0 Å². The molecule has 5 heteroatoms. The summed E-state index contributed by atoms with van der Waals surface area (Å²) in [7, 11) is 4.82. The Morgan fingerprint density at radius 2 is 1.59 bits per heavy atom. The van der Waals surface area contributed by atoms with Crippen molar-refractivity contribution in [1.82, 2.24) is 0 Å². The molecule has 0 radical (unpaired) electrons. The molecule has 0 aromatic heterocycles. The quantitative estimate of drug-likeness (QED) is 0.604. The van der Waals surface area contributed by atoms with Crippen LogP contribution in [0.1, 0.15) is 6.42 Å². The number of hydrogen-bond donors (Lipinski definition) is 1. The summed E-state index contributed by atoms with van der Waals surface area (Å²) in [6.45, 7) is 0.787. The second-order valence-corrected chi connectivity index (χ2v) is 3.75. The van der Waals surface area contributed by atoms with Crippen molar-refractivity contribution >= 4 is 17.3 Å². The lowest BCUT2D eigenvalue weighted by Crippen LogP contribution is -2.04. The molecule has 0 atom stereocenters. The number of benzene rings is 1. The number of nitrogens with one attached hydrogen (secondary N) is 1. The number of alkyl halides is 1. The van der Waals surface area contributed by atoms with E-state index in [9.17, 15) is 0 Å². The molecule has 0 amide bonds. The first-order chi connectivity index (χ1) is 8.26. The lowest BCUT2D eigenvalue weighted by atomic mass is 10.2. The normalized spacial score (nSPS) is 9.88. The van der Waals surface area contributed by atoms with Crippen LogP contribution in [-0.4, -0.2) is 33.8 Å². The van der Waals surface area contributed by atoms with Gasteiger partial charge in [0.15, 0.2) is 11.5 Å². The summed E-state index contributed by atoms with van der Waals surface area (Å²) in [5.74, 6) is 2.66. The van der Waals surface area contributed by atoms with Crippen molar-refractivity contribution in [2.45, 2.75) is 6.42 Å².